The van der Waals surface area contributed by atoms with Crippen molar-refractivity contribution in [3.05, 3.63) is 53.6 Å². The molecule has 0 saturated carbocycles. The molecule has 0 aliphatic carbocycles. The molecule has 1 aliphatic rings. The van der Waals surface area contributed by atoms with E-state index in [4.69, 9.17) is 4.42 Å². The number of nitrogens with zero attached hydrogens (tertiary/aromatic N) is 1. The number of fused-ring (bicyclic) bond motifs is 1. The highest BCUT2D eigenvalue weighted by molar-refractivity contribution is 6.04. The maximum absolute atomic E-state index is 12.5. The predicted molar refractivity (Wildman–Crippen MR) is 97.8 cm³/mol. The van der Waals surface area contributed by atoms with Gasteiger partial charge in [0.05, 0.1) is 0 Å². The number of carbonyl (C=O) groups excluding carboxylic acids is 3. The summed E-state index contributed by atoms with van der Waals surface area (Å²) in [5, 5.41) is 4.88. The lowest BCUT2D eigenvalue weighted by Gasteiger charge is -2.21. The molecule has 1 aromatic heterocycles. The molecule has 4 rings (SSSR count). The molecule has 3 aromatic rings. The number of amides is 3. The van der Waals surface area contributed by atoms with Crippen LogP contribution in [0.15, 0.2) is 46.9 Å². The molecule has 1 aliphatic heterocycles. The second-order valence-corrected chi connectivity index (χ2v) is 6.55. The molecular formula is C20H17N3O4. The lowest BCUT2D eigenvalue weighted by atomic mass is 10.1. The lowest BCUT2D eigenvalue weighted by Crippen LogP contribution is -2.52. The van der Waals surface area contributed by atoms with Gasteiger partial charge in [0.2, 0.25) is 17.7 Å². The summed E-state index contributed by atoms with van der Waals surface area (Å²) in [5.41, 5.74) is 3.46. The van der Waals surface area contributed by atoms with Gasteiger partial charge in [-0.3, -0.25) is 19.7 Å². The van der Waals surface area contributed by atoms with E-state index >= 15 is 0 Å². The molecular weight excluding hydrogens is 346 g/mol. The number of piperidine rings is 1. The first kappa shape index (κ1) is 17.0. The summed E-state index contributed by atoms with van der Waals surface area (Å²) in [6.45, 7) is 1.99. The van der Waals surface area contributed by atoms with E-state index in [0.717, 1.165) is 11.1 Å². The Morgan fingerprint density at radius 2 is 2.07 bits per heavy atom. The standard InChI is InChI=1S/C20H17N3O4/c1-11-3-2-4-13(9-11)20-22-15-10-12(5-7-16(15)27-20)18(25)21-14-6-8-17(24)23-19(14)26/h2-5,7,9-10,14H,6,8H2,1H3,(H,21,25)(H,23,24,26). The molecule has 2 N–H and O–H groups in total. The summed E-state index contributed by atoms with van der Waals surface area (Å²) in [4.78, 5) is 39.9. The van der Waals surface area contributed by atoms with Crippen LogP contribution in [-0.2, 0) is 9.59 Å². The van der Waals surface area contributed by atoms with E-state index in [1.165, 1.54) is 0 Å². The fourth-order valence-electron chi connectivity index (χ4n) is 3.04. The van der Waals surface area contributed by atoms with Gasteiger partial charge in [-0.1, -0.05) is 17.7 Å². The normalized spacial score (nSPS) is 17.0. The molecule has 136 valence electrons. The summed E-state index contributed by atoms with van der Waals surface area (Å²) < 4.78 is 5.78. The maximum Gasteiger partial charge on any atom is 0.252 e. The average Bonchev–Trinajstić information content (AvgIpc) is 3.07. The van der Waals surface area contributed by atoms with Gasteiger partial charge >= 0.3 is 0 Å². The van der Waals surface area contributed by atoms with Gasteiger partial charge in [-0.15, -0.1) is 0 Å². The first-order chi connectivity index (χ1) is 13.0. The Bertz CT molecular complexity index is 1070. The van der Waals surface area contributed by atoms with Crippen LogP contribution in [0, 0.1) is 6.92 Å². The Hall–Kier alpha value is -3.48. The largest absolute Gasteiger partial charge is 0.436 e. The Labute approximate surface area is 154 Å². The highest BCUT2D eigenvalue weighted by Crippen LogP contribution is 2.25. The van der Waals surface area contributed by atoms with Crippen molar-refractivity contribution in [3.8, 4) is 11.5 Å². The molecule has 1 saturated heterocycles. The third-order valence-corrected chi connectivity index (χ3v) is 4.46. The first-order valence-corrected chi connectivity index (χ1v) is 8.62. The zero-order valence-electron chi connectivity index (χ0n) is 14.6. The Balaban J connectivity index is 1.57. The van der Waals surface area contributed by atoms with Crippen molar-refractivity contribution in [2.24, 2.45) is 0 Å². The van der Waals surface area contributed by atoms with E-state index in [1.54, 1.807) is 18.2 Å². The molecule has 0 spiro atoms. The van der Waals surface area contributed by atoms with Gasteiger partial charge in [-0.2, -0.15) is 0 Å². The van der Waals surface area contributed by atoms with Gasteiger partial charge in [0.25, 0.3) is 5.91 Å². The van der Waals surface area contributed by atoms with Crippen LogP contribution >= 0.6 is 0 Å². The highest BCUT2D eigenvalue weighted by Gasteiger charge is 2.28. The van der Waals surface area contributed by atoms with Crippen LogP contribution in [-0.4, -0.2) is 28.7 Å². The molecule has 7 nitrogen and oxygen atoms in total. The molecule has 1 unspecified atom stereocenters. The quantitative estimate of drug-likeness (QED) is 0.696. The van der Waals surface area contributed by atoms with Gasteiger partial charge < -0.3 is 9.73 Å². The minimum absolute atomic E-state index is 0.207. The zero-order chi connectivity index (χ0) is 19.0. The van der Waals surface area contributed by atoms with Gasteiger partial charge in [0.1, 0.15) is 11.6 Å². The second-order valence-electron chi connectivity index (χ2n) is 6.55. The number of hydrogen-bond acceptors (Lipinski definition) is 5. The van der Waals surface area contributed by atoms with Crippen LogP contribution in [0.5, 0.6) is 0 Å². The summed E-state index contributed by atoms with van der Waals surface area (Å²) in [6, 6.07) is 12.0. The zero-order valence-corrected chi connectivity index (χ0v) is 14.6. The molecule has 1 fully saturated rings. The van der Waals surface area contributed by atoms with Crippen LogP contribution in [0.4, 0.5) is 0 Å². The number of hydrogen-bond donors (Lipinski definition) is 2. The predicted octanol–water partition coefficient (Wildman–Crippen LogP) is 2.34. The number of carbonyl (C=O) groups is 3. The van der Waals surface area contributed by atoms with Crippen molar-refractivity contribution >= 4 is 28.8 Å². The van der Waals surface area contributed by atoms with Crippen molar-refractivity contribution in [1.82, 2.24) is 15.6 Å². The fraction of sp³-hybridized carbons (Fsp3) is 0.200. The monoisotopic (exact) mass is 363 g/mol. The fourth-order valence-corrected chi connectivity index (χ4v) is 3.04. The molecule has 3 amide bonds. The van der Waals surface area contributed by atoms with Crippen molar-refractivity contribution in [2.75, 3.05) is 0 Å². The minimum Gasteiger partial charge on any atom is -0.436 e. The summed E-state index contributed by atoms with van der Waals surface area (Å²) in [6.07, 6.45) is 0.499. The smallest absolute Gasteiger partial charge is 0.252 e. The third kappa shape index (κ3) is 3.44. The lowest BCUT2D eigenvalue weighted by molar-refractivity contribution is -0.134. The van der Waals surface area contributed by atoms with Crippen LogP contribution < -0.4 is 10.6 Å². The van der Waals surface area contributed by atoms with E-state index in [9.17, 15) is 14.4 Å². The molecule has 2 heterocycles. The third-order valence-electron chi connectivity index (χ3n) is 4.46. The van der Waals surface area contributed by atoms with Crippen molar-refractivity contribution in [1.29, 1.82) is 0 Å². The van der Waals surface area contributed by atoms with E-state index in [0.29, 0.717) is 29.0 Å². The van der Waals surface area contributed by atoms with Gasteiger partial charge in [0.15, 0.2) is 5.58 Å². The summed E-state index contributed by atoms with van der Waals surface area (Å²) >= 11 is 0. The van der Waals surface area contributed by atoms with Gasteiger partial charge in [-0.05, 0) is 43.7 Å². The Morgan fingerprint density at radius 1 is 1.22 bits per heavy atom. The maximum atomic E-state index is 12.5. The summed E-state index contributed by atoms with van der Waals surface area (Å²) in [7, 11) is 0. The highest BCUT2D eigenvalue weighted by atomic mass is 16.3. The van der Waals surface area contributed by atoms with Crippen LogP contribution in [0.1, 0.15) is 28.8 Å². The van der Waals surface area contributed by atoms with Crippen LogP contribution in [0.25, 0.3) is 22.6 Å². The van der Waals surface area contributed by atoms with E-state index < -0.39 is 17.9 Å². The topological polar surface area (TPSA) is 101 Å². The molecule has 0 bridgehead atoms. The van der Waals surface area contributed by atoms with E-state index in [2.05, 4.69) is 15.6 Å². The average molecular weight is 363 g/mol. The van der Waals surface area contributed by atoms with E-state index in [1.807, 2.05) is 31.2 Å². The number of benzene rings is 2. The number of imide groups is 1. The molecule has 1 atom stereocenters. The molecule has 27 heavy (non-hydrogen) atoms. The van der Waals surface area contributed by atoms with Crippen LogP contribution in [0.3, 0.4) is 0 Å². The van der Waals surface area contributed by atoms with Crippen molar-refractivity contribution in [3.63, 3.8) is 0 Å². The number of aromatic nitrogens is 1. The number of oxazole rings is 1. The number of nitrogens with one attached hydrogen (secondary N) is 2. The second kappa shape index (κ2) is 6.68. The first-order valence-electron chi connectivity index (χ1n) is 8.62. The van der Waals surface area contributed by atoms with Gasteiger partial charge in [0, 0.05) is 17.5 Å². The van der Waals surface area contributed by atoms with Crippen molar-refractivity contribution < 1.29 is 18.8 Å². The molecule has 0 radical (unpaired) electrons. The van der Waals surface area contributed by atoms with E-state index in [-0.39, 0.29) is 12.3 Å². The van der Waals surface area contributed by atoms with Crippen LogP contribution in [0.2, 0.25) is 0 Å². The molecule has 2 aromatic carbocycles. The van der Waals surface area contributed by atoms with Gasteiger partial charge in [-0.25, -0.2) is 4.98 Å². The summed E-state index contributed by atoms with van der Waals surface area (Å²) in [5.74, 6) is -0.718. The number of aryl methyl sites for hydroxylation is 1. The Morgan fingerprint density at radius 3 is 2.85 bits per heavy atom. The Kier molecular flexibility index (Phi) is 4.19. The number of rotatable bonds is 3. The minimum atomic E-state index is -0.717. The van der Waals surface area contributed by atoms with Crippen molar-refractivity contribution in [2.45, 2.75) is 25.8 Å². The molecule has 7 heteroatoms. The SMILES string of the molecule is Cc1cccc(-c2nc3cc(C(=O)NC4CCC(=O)NC4=O)ccc3o2)c1.